The highest BCUT2D eigenvalue weighted by Gasteiger charge is 2.28. The number of para-hydroxylation sites is 1. The summed E-state index contributed by atoms with van der Waals surface area (Å²) in [5.74, 6) is -1.08. The maximum atomic E-state index is 12.9. The van der Waals surface area contributed by atoms with Crippen molar-refractivity contribution in [3.8, 4) is 0 Å². The molecule has 0 aliphatic carbocycles. The van der Waals surface area contributed by atoms with E-state index in [1.165, 1.54) is 0 Å². The number of nitrogens with one attached hydrogen (secondary N) is 3. The molecule has 0 heterocycles. The first kappa shape index (κ1) is 22.1. The lowest BCUT2D eigenvalue weighted by Crippen LogP contribution is -2.54. The summed E-state index contributed by atoms with van der Waals surface area (Å²) in [4.78, 5) is 38.0. The highest BCUT2D eigenvalue weighted by atomic mass is 16.2. The van der Waals surface area contributed by atoms with Crippen LogP contribution in [0.4, 0.5) is 5.69 Å². The molecule has 2 aromatic carbocycles. The lowest BCUT2D eigenvalue weighted by molar-refractivity contribution is -0.125. The summed E-state index contributed by atoms with van der Waals surface area (Å²) in [6.45, 7) is 9.40. The van der Waals surface area contributed by atoms with E-state index in [0.717, 1.165) is 0 Å². The summed E-state index contributed by atoms with van der Waals surface area (Å²) in [7, 11) is 0. The van der Waals surface area contributed by atoms with Gasteiger partial charge in [-0.25, -0.2) is 0 Å². The van der Waals surface area contributed by atoms with Gasteiger partial charge in [0.05, 0.1) is 11.3 Å². The first-order chi connectivity index (χ1) is 13.6. The first-order valence-electron chi connectivity index (χ1n) is 9.67. The molecule has 0 saturated carbocycles. The highest BCUT2D eigenvalue weighted by Crippen LogP contribution is 2.17. The summed E-state index contributed by atoms with van der Waals surface area (Å²) in [6.07, 6.45) is 0. The molecule has 2 rings (SSSR count). The molecule has 0 fully saturated rings. The second kappa shape index (κ2) is 9.37. The normalized spacial score (nSPS) is 12.2. The zero-order valence-electron chi connectivity index (χ0n) is 17.6. The van der Waals surface area contributed by atoms with Crippen LogP contribution in [0.5, 0.6) is 0 Å². The van der Waals surface area contributed by atoms with Crippen LogP contribution in [0, 0.1) is 5.92 Å². The lowest BCUT2D eigenvalue weighted by Gasteiger charge is -2.27. The van der Waals surface area contributed by atoms with Crippen LogP contribution in [0.2, 0.25) is 0 Å². The molecule has 0 aromatic heterocycles. The molecule has 1 atom stereocenters. The van der Waals surface area contributed by atoms with Crippen LogP contribution in [0.3, 0.4) is 0 Å². The second-order valence-corrected chi connectivity index (χ2v) is 8.30. The van der Waals surface area contributed by atoms with Crippen LogP contribution < -0.4 is 16.0 Å². The molecule has 3 N–H and O–H groups in total. The quantitative estimate of drug-likeness (QED) is 0.698. The van der Waals surface area contributed by atoms with Gasteiger partial charge in [0.25, 0.3) is 11.8 Å². The van der Waals surface area contributed by atoms with E-state index in [0.29, 0.717) is 16.8 Å². The molecule has 0 saturated heterocycles. The van der Waals surface area contributed by atoms with E-state index in [9.17, 15) is 14.4 Å². The van der Waals surface area contributed by atoms with E-state index in [2.05, 4.69) is 16.0 Å². The Morgan fingerprint density at radius 1 is 0.828 bits per heavy atom. The molecule has 0 bridgehead atoms. The SMILES string of the molecule is CC(C)[C@H](NC(=O)c1ccccc1NC(=O)c1ccccc1)C(=O)NC(C)(C)C. The molecule has 29 heavy (non-hydrogen) atoms. The molecule has 0 aliphatic heterocycles. The first-order valence-corrected chi connectivity index (χ1v) is 9.67. The van der Waals surface area contributed by atoms with Crippen LogP contribution in [-0.4, -0.2) is 29.3 Å². The Morgan fingerprint density at radius 3 is 2.00 bits per heavy atom. The number of amides is 3. The number of hydrogen-bond donors (Lipinski definition) is 3. The third kappa shape index (κ3) is 6.45. The summed E-state index contributed by atoms with van der Waals surface area (Å²) < 4.78 is 0. The van der Waals surface area contributed by atoms with Crippen molar-refractivity contribution in [1.29, 1.82) is 0 Å². The molecular weight excluding hydrogens is 366 g/mol. The Balaban J connectivity index is 2.20. The molecule has 0 unspecified atom stereocenters. The number of carbonyl (C=O) groups excluding carboxylic acids is 3. The van der Waals surface area contributed by atoms with Crippen LogP contribution in [0.1, 0.15) is 55.3 Å². The Bertz CT molecular complexity index is 870. The van der Waals surface area contributed by atoms with Crippen molar-refractivity contribution in [3.05, 3.63) is 65.7 Å². The minimum absolute atomic E-state index is 0.104. The molecule has 0 aliphatic rings. The number of anilines is 1. The number of carbonyl (C=O) groups is 3. The predicted molar refractivity (Wildman–Crippen MR) is 115 cm³/mol. The van der Waals surface area contributed by atoms with Crippen LogP contribution >= 0.6 is 0 Å². The molecule has 0 radical (unpaired) electrons. The van der Waals surface area contributed by atoms with Gasteiger partial charge in [0, 0.05) is 11.1 Å². The average Bonchev–Trinajstić information content (AvgIpc) is 2.65. The zero-order valence-corrected chi connectivity index (χ0v) is 17.6. The summed E-state index contributed by atoms with van der Waals surface area (Å²) in [5, 5.41) is 8.49. The lowest BCUT2D eigenvalue weighted by atomic mass is 10.0. The molecular formula is C23H29N3O3. The van der Waals surface area contributed by atoms with Crippen molar-refractivity contribution >= 4 is 23.4 Å². The van der Waals surface area contributed by atoms with Gasteiger partial charge in [0.15, 0.2) is 0 Å². The van der Waals surface area contributed by atoms with Crippen molar-refractivity contribution in [2.75, 3.05) is 5.32 Å². The maximum absolute atomic E-state index is 12.9. The third-order valence-electron chi connectivity index (χ3n) is 4.19. The van der Waals surface area contributed by atoms with Gasteiger partial charge in [-0.1, -0.05) is 44.2 Å². The average molecular weight is 396 g/mol. The molecule has 6 nitrogen and oxygen atoms in total. The van der Waals surface area contributed by atoms with E-state index < -0.39 is 17.5 Å². The number of benzene rings is 2. The smallest absolute Gasteiger partial charge is 0.255 e. The van der Waals surface area contributed by atoms with Crippen molar-refractivity contribution < 1.29 is 14.4 Å². The summed E-state index contributed by atoms with van der Waals surface area (Å²) in [6, 6.07) is 14.8. The third-order valence-corrected chi connectivity index (χ3v) is 4.19. The fourth-order valence-corrected chi connectivity index (χ4v) is 2.78. The topological polar surface area (TPSA) is 87.3 Å². The molecule has 6 heteroatoms. The Kier molecular flexibility index (Phi) is 7.15. The van der Waals surface area contributed by atoms with Gasteiger partial charge in [0.2, 0.25) is 5.91 Å². The fraction of sp³-hybridized carbons (Fsp3) is 0.348. The van der Waals surface area contributed by atoms with E-state index in [1.54, 1.807) is 48.5 Å². The maximum Gasteiger partial charge on any atom is 0.255 e. The van der Waals surface area contributed by atoms with Crippen molar-refractivity contribution in [1.82, 2.24) is 10.6 Å². The Hall–Kier alpha value is -3.15. The van der Waals surface area contributed by atoms with Gasteiger partial charge in [-0.3, -0.25) is 14.4 Å². The van der Waals surface area contributed by atoms with Gasteiger partial charge in [0.1, 0.15) is 6.04 Å². The van der Waals surface area contributed by atoms with Crippen LogP contribution in [0.25, 0.3) is 0 Å². The van der Waals surface area contributed by atoms with Gasteiger partial charge in [-0.2, -0.15) is 0 Å². The number of hydrogen-bond acceptors (Lipinski definition) is 3. The van der Waals surface area contributed by atoms with Crippen molar-refractivity contribution in [3.63, 3.8) is 0 Å². The van der Waals surface area contributed by atoms with E-state index >= 15 is 0 Å². The van der Waals surface area contributed by atoms with Gasteiger partial charge >= 0.3 is 0 Å². The van der Waals surface area contributed by atoms with E-state index in [-0.39, 0.29) is 17.7 Å². The van der Waals surface area contributed by atoms with Crippen LogP contribution in [-0.2, 0) is 4.79 Å². The Labute approximate surface area is 172 Å². The van der Waals surface area contributed by atoms with Crippen LogP contribution in [0.15, 0.2) is 54.6 Å². The number of rotatable bonds is 6. The fourth-order valence-electron chi connectivity index (χ4n) is 2.78. The predicted octanol–water partition coefficient (Wildman–Crippen LogP) is 3.61. The minimum Gasteiger partial charge on any atom is -0.350 e. The standard InChI is InChI=1S/C23H29N3O3/c1-15(2)19(22(29)26-23(3,4)5)25-21(28)17-13-9-10-14-18(17)24-20(27)16-11-7-6-8-12-16/h6-15,19H,1-5H3,(H,24,27)(H,25,28)(H,26,29)/t19-/m0/s1. The highest BCUT2D eigenvalue weighted by molar-refractivity contribution is 6.09. The molecule has 0 spiro atoms. The van der Waals surface area contributed by atoms with E-state index in [4.69, 9.17) is 0 Å². The van der Waals surface area contributed by atoms with E-state index in [1.807, 2.05) is 40.7 Å². The van der Waals surface area contributed by atoms with Gasteiger partial charge < -0.3 is 16.0 Å². The molecule has 3 amide bonds. The van der Waals surface area contributed by atoms with Crippen molar-refractivity contribution in [2.45, 2.75) is 46.2 Å². The zero-order chi connectivity index (χ0) is 21.6. The summed E-state index contributed by atoms with van der Waals surface area (Å²) >= 11 is 0. The molecule has 2 aromatic rings. The largest absolute Gasteiger partial charge is 0.350 e. The monoisotopic (exact) mass is 395 g/mol. The second-order valence-electron chi connectivity index (χ2n) is 8.30. The molecule has 154 valence electrons. The van der Waals surface area contributed by atoms with Gasteiger partial charge in [-0.15, -0.1) is 0 Å². The van der Waals surface area contributed by atoms with Crippen molar-refractivity contribution in [2.24, 2.45) is 5.92 Å². The summed E-state index contributed by atoms with van der Waals surface area (Å²) in [5.41, 5.74) is 0.771. The van der Waals surface area contributed by atoms with Gasteiger partial charge in [-0.05, 0) is 51.0 Å². The Morgan fingerprint density at radius 2 is 1.41 bits per heavy atom. The minimum atomic E-state index is -0.695.